The summed E-state index contributed by atoms with van der Waals surface area (Å²) in [6.45, 7) is 10.2. The largest absolute Gasteiger partial charge is 0.345 e. The first-order valence-electron chi connectivity index (χ1n) is 13.6. The van der Waals surface area contributed by atoms with E-state index in [1.807, 2.05) is 54.9 Å². The van der Waals surface area contributed by atoms with E-state index in [1.54, 1.807) is 11.1 Å². The summed E-state index contributed by atoms with van der Waals surface area (Å²) >= 11 is 0. The normalized spacial score (nSPS) is 24.0. The van der Waals surface area contributed by atoms with E-state index >= 15 is 0 Å². The van der Waals surface area contributed by atoms with Crippen molar-refractivity contribution in [3.63, 3.8) is 0 Å². The molecule has 0 spiro atoms. The predicted molar refractivity (Wildman–Crippen MR) is 147 cm³/mol. The highest BCUT2D eigenvalue weighted by Crippen LogP contribution is 2.49. The minimum atomic E-state index is -0.507. The lowest BCUT2D eigenvalue weighted by molar-refractivity contribution is -0.141. The van der Waals surface area contributed by atoms with Crippen molar-refractivity contribution in [3.05, 3.63) is 65.6 Å². The minimum Gasteiger partial charge on any atom is -0.345 e. The number of hydrogen-bond donors (Lipinski definition) is 1. The van der Waals surface area contributed by atoms with E-state index in [4.69, 9.17) is 0 Å². The molecule has 1 N–H and O–H groups in total. The van der Waals surface area contributed by atoms with Crippen LogP contribution in [0.4, 0.5) is 5.69 Å². The molecule has 0 unspecified atom stereocenters. The molecule has 2 amide bonds. The molecule has 1 aliphatic carbocycles. The van der Waals surface area contributed by atoms with Gasteiger partial charge in [0.1, 0.15) is 5.65 Å². The molecule has 3 heterocycles. The molecule has 1 aromatic carbocycles. The van der Waals surface area contributed by atoms with Gasteiger partial charge in [-0.2, -0.15) is 0 Å². The molecular formula is C30H39N5O2. The maximum atomic E-state index is 13.6. The molecule has 3 aromatic rings. The second-order valence-corrected chi connectivity index (χ2v) is 11.4. The SMILES string of the molecule is CCN(C)C(=O)C1(c2cccc(NC(=O)c3cc(CN4CCC[C@H](C)C4)cn4ccnc34)c2)CC(C)C1. The Bertz CT molecular complexity index is 1290. The molecule has 7 heteroatoms. The summed E-state index contributed by atoms with van der Waals surface area (Å²) in [5.41, 5.74) is 3.49. The van der Waals surface area contributed by atoms with Crippen molar-refractivity contribution in [1.82, 2.24) is 19.2 Å². The van der Waals surface area contributed by atoms with E-state index in [2.05, 4.69) is 35.2 Å². The van der Waals surface area contributed by atoms with Crippen LogP contribution >= 0.6 is 0 Å². The number of likely N-dealkylation sites (tertiary alicyclic amines) is 1. The van der Waals surface area contributed by atoms with E-state index < -0.39 is 5.41 Å². The van der Waals surface area contributed by atoms with Crippen LogP contribution in [-0.4, -0.2) is 57.7 Å². The summed E-state index contributed by atoms with van der Waals surface area (Å²) in [5.74, 6) is 1.18. The number of hydrogen-bond acceptors (Lipinski definition) is 4. The molecule has 2 aromatic heterocycles. The maximum absolute atomic E-state index is 13.6. The van der Waals surface area contributed by atoms with E-state index in [-0.39, 0.29) is 11.8 Å². The molecule has 1 atom stereocenters. The summed E-state index contributed by atoms with van der Waals surface area (Å²) in [7, 11) is 1.87. The van der Waals surface area contributed by atoms with E-state index in [1.165, 1.54) is 12.8 Å². The Labute approximate surface area is 219 Å². The van der Waals surface area contributed by atoms with Crippen LogP contribution in [0.3, 0.4) is 0 Å². The van der Waals surface area contributed by atoms with Crippen LogP contribution < -0.4 is 5.32 Å². The van der Waals surface area contributed by atoms with Crippen LogP contribution in [-0.2, 0) is 16.8 Å². The summed E-state index contributed by atoms with van der Waals surface area (Å²) in [5, 5.41) is 3.10. The van der Waals surface area contributed by atoms with Gasteiger partial charge in [0, 0.05) is 51.0 Å². The number of nitrogens with zero attached hydrogens (tertiary/aromatic N) is 4. The van der Waals surface area contributed by atoms with Gasteiger partial charge in [-0.1, -0.05) is 26.0 Å². The zero-order valence-corrected chi connectivity index (χ0v) is 22.5. The topological polar surface area (TPSA) is 70.0 Å². The van der Waals surface area contributed by atoms with Gasteiger partial charge in [0.25, 0.3) is 5.91 Å². The summed E-state index contributed by atoms with van der Waals surface area (Å²) in [6.07, 6.45) is 9.87. The molecular weight excluding hydrogens is 462 g/mol. The molecule has 196 valence electrons. The van der Waals surface area contributed by atoms with Crippen molar-refractivity contribution in [2.45, 2.75) is 58.4 Å². The van der Waals surface area contributed by atoms with Crippen molar-refractivity contribution < 1.29 is 9.59 Å². The quantitative estimate of drug-likeness (QED) is 0.497. The Hall–Kier alpha value is -3.19. The molecule has 37 heavy (non-hydrogen) atoms. The second kappa shape index (κ2) is 10.3. The molecule has 1 saturated heterocycles. The number of fused-ring (bicyclic) bond motifs is 1. The zero-order chi connectivity index (χ0) is 26.2. The van der Waals surface area contributed by atoms with Crippen LogP contribution in [0, 0.1) is 11.8 Å². The van der Waals surface area contributed by atoms with Crippen molar-refractivity contribution in [3.8, 4) is 0 Å². The number of carbonyl (C=O) groups excluding carboxylic acids is 2. The summed E-state index contributed by atoms with van der Waals surface area (Å²) < 4.78 is 1.94. The first kappa shape index (κ1) is 25.5. The monoisotopic (exact) mass is 501 g/mol. The van der Waals surface area contributed by atoms with Gasteiger partial charge in [-0.15, -0.1) is 0 Å². The van der Waals surface area contributed by atoms with Crippen molar-refractivity contribution in [1.29, 1.82) is 0 Å². The summed E-state index contributed by atoms with van der Waals surface area (Å²) in [6, 6.07) is 9.82. The van der Waals surface area contributed by atoms with Gasteiger partial charge in [-0.3, -0.25) is 14.5 Å². The first-order valence-corrected chi connectivity index (χ1v) is 13.6. The van der Waals surface area contributed by atoms with Gasteiger partial charge >= 0.3 is 0 Å². The van der Waals surface area contributed by atoms with Crippen molar-refractivity contribution in [2.24, 2.45) is 11.8 Å². The Morgan fingerprint density at radius 2 is 2.00 bits per heavy atom. The average Bonchev–Trinajstić information content (AvgIpc) is 3.34. The molecule has 2 fully saturated rings. The van der Waals surface area contributed by atoms with Crippen molar-refractivity contribution >= 4 is 23.1 Å². The molecule has 7 nitrogen and oxygen atoms in total. The van der Waals surface area contributed by atoms with E-state index in [9.17, 15) is 9.59 Å². The number of pyridine rings is 1. The lowest BCUT2D eigenvalue weighted by Gasteiger charge is -2.47. The van der Waals surface area contributed by atoms with Gasteiger partial charge in [0.15, 0.2) is 0 Å². The predicted octanol–water partition coefficient (Wildman–Crippen LogP) is 4.96. The van der Waals surface area contributed by atoms with Crippen LogP contribution in [0.15, 0.2) is 48.9 Å². The number of aromatic nitrogens is 2. The molecule has 0 radical (unpaired) electrons. The van der Waals surface area contributed by atoms with E-state index in [0.717, 1.165) is 43.6 Å². The lowest BCUT2D eigenvalue weighted by Crippen LogP contribution is -2.52. The summed E-state index contributed by atoms with van der Waals surface area (Å²) in [4.78, 5) is 35.6. The van der Waals surface area contributed by atoms with Crippen LogP contribution in [0.2, 0.25) is 0 Å². The third kappa shape index (κ3) is 5.01. The average molecular weight is 502 g/mol. The highest BCUT2D eigenvalue weighted by Gasteiger charge is 2.50. The Kier molecular flexibility index (Phi) is 7.08. The number of benzene rings is 1. The third-order valence-corrected chi connectivity index (χ3v) is 8.23. The highest BCUT2D eigenvalue weighted by atomic mass is 16.2. The van der Waals surface area contributed by atoms with Gasteiger partial charge in [0.05, 0.1) is 11.0 Å². The van der Waals surface area contributed by atoms with Crippen LogP contribution in [0.5, 0.6) is 0 Å². The fourth-order valence-electron chi connectivity index (χ4n) is 6.30. The number of amides is 2. The zero-order valence-electron chi connectivity index (χ0n) is 22.5. The number of imidazole rings is 1. The standard InChI is InChI=1S/C30H39N5O2/c1-5-33(4)29(37)30(16-22(3)17-30)24-9-6-10-25(15-24)32-28(36)26-14-23(20-35-13-11-31-27(26)35)19-34-12-7-8-21(2)18-34/h6,9-11,13-15,20-22H,5,7-8,12,16-19H2,1-4H3,(H,32,36)/t21-,22?,30?/m0/s1. The number of likely N-dealkylation sites (N-methyl/N-ethyl adjacent to an activating group) is 1. The Morgan fingerprint density at radius 3 is 2.73 bits per heavy atom. The molecule has 1 saturated carbocycles. The minimum absolute atomic E-state index is 0.162. The van der Waals surface area contributed by atoms with Gasteiger partial charge in [-0.05, 0) is 80.3 Å². The lowest BCUT2D eigenvalue weighted by atomic mass is 9.58. The number of nitrogens with one attached hydrogen (secondary N) is 1. The highest BCUT2D eigenvalue weighted by molar-refractivity contribution is 6.08. The third-order valence-electron chi connectivity index (χ3n) is 8.23. The molecule has 1 aliphatic heterocycles. The number of anilines is 1. The maximum Gasteiger partial charge on any atom is 0.259 e. The number of piperidine rings is 1. The molecule has 2 aliphatic rings. The number of rotatable bonds is 7. The van der Waals surface area contributed by atoms with Gasteiger partial charge in [0.2, 0.25) is 5.91 Å². The fraction of sp³-hybridized carbons (Fsp3) is 0.500. The van der Waals surface area contributed by atoms with Gasteiger partial charge in [-0.25, -0.2) is 4.98 Å². The Balaban J connectivity index is 1.40. The second-order valence-electron chi connectivity index (χ2n) is 11.4. The Morgan fingerprint density at radius 1 is 1.19 bits per heavy atom. The van der Waals surface area contributed by atoms with Crippen LogP contribution in [0.1, 0.15) is 67.9 Å². The first-order chi connectivity index (χ1) is 17.8. The fourth-order valence-corrected chi connectivity index (χ4v) is 6.30. The van der Waals surface area contributed by atoms with Crippen molar-refractivity contribution in [2.75, 3.05) is 32.0 Å². The number of carbonyl (C=O) groups is 2. The van der Waals surface area contributed by atoms with E-state index in [0.29, 0.717) is 35.3 Å². The van der Waals surface area contributed by atoms with Gasteiger partial charge < -0.3 is 14.6 Å². The smallest absolute Gasteiger partial charge is 0.259 e. The van der Waals surface area contributed by atoms with Crippen LogP contribution in [0.25, 0.3) is 5.65 Å². The molecule has 5 rings (SSSR count). The molecule has 0 bridgehead atoms.